The molecule has 0 aliphatic carbocycles. The summed E-state index contributed by atoms with van der Waals surface area (Å²) in [6, 6.07) is 7.28. The average Bonchev–Trinajstić information content (AvgIpc) is 2.93. The standard InChI is InChI=1S/C12H10N6/c13-11-7-10(9-3-1-4-14-8-9)16-12(17-11)18-6-2-5-15-18/h1-8H,(H2,13,16,17). The van der Waals surface area contributed by atoms with Gasteiger partial charge in [-0.1, -0.05) is 0 Å². The fourth-order valence-corrected chi connectivity index (χ4v) is 1.60. The van der Waals surface area contributed by atoms with Gasteiger partial charge in [0.2, 0.25) is 0 Å². The lowest BCUT2D eigenvalue weighted by atomic mass is 10.2. The van der Waals surface area contributed by atoms with E-state index in [1.807, 2.05) is 12.1 Å². The number of pyridine rings is 1. The van der Waals surface area contributed by atoms with E-state index in [0.29, 0.717) is 11.8 Å². The molecule has 0 spiro atoms. The van der Waals surface area contributed by atoms with Crippen LogP contribution < -0.4 is 5.73 Å². The predicted octanol–water partition coefficient (Wildman–Crippen LogP) is 1.31. The van der Waals surface area contributed by atoms with Crippen LogP contribution in [0.25, 0.3) is 17.2 Å². The molecule has 2 N–H and O–H groups in total. The van der Waals surface area contributed by atoms with E-state index in [0.717, 1.165) is 11.3 Å². The molecular weight excluding hydrogens is 228 g/mol. The number of rotatable bonds is 2. The van der Waals surface area contributed by atoms with Gasteiger partial charge in [0, 0.05) is 36.4 Å². The largest absolute Gasteiger partial charge is 0.384 e. The van der Waals surface area contributed by atoms with Gasteiger partial charge in [0.05, 0.1) is 5.69 Å². The van der Waals surface area contributed by atoms with Crippen LogP contribution in [0.3, 0.4) is 0 Å². The summed E-state index contributed by atoms with van der Waals surface area (Å²) in [4.78, 5) is 12.6. The summed E-state index contributed by atoms with van der Waals surface area (Å²) in [7, 11) is 0. The molecule has 6 heteroatoms. The van der Waals surface area contributed by atoms with Gasteiger partial charge in [-0.2, -0.15) is 10.1 Å². The Morgan fingerprint density at radius 2 is 2.06 bits per heavy atom. The molecule has 3 heterocycles. The number of anilines is 1. The monoisotopic (exact) mass is 238 g/mol. The third kappa shape index (κ3) is 1.91. The van der Waals surface area contributed by atoms with Gasteiger partial charge >= 0.3 is 0 Å². The molecule has 0 fully saturated rings. The molecule has 0 aromatic carbocycles. The molecule has 0 atom stereocenters. The minimum atomic E-state index is 0.398. The highest BCUT2D eigenvalue weighted by Gasteiger charge is 2.06. The smallest absolute Gasteiger partial charge is 0.253 e. The van der Waals surface area contributed by atoms with Crippen LogP contribution in [0.15, 0.2) is 49.1 Å². The molecule has 0 saturated carbocycles. The molecule has 3 aromatic rings. The van der Waals surface area contributed by atoms with Crippen molar-refractivity contribution < 1.29 is 0 Å². The molecule has 6 nitrogen and oxygen atoms in total. The molecule has 0 radical (unpaired) electrons. The van der Waals surface area contributed by atoms with Crippen molar-refractivity contribution in [1.29, 1.82) is 0 Å². The van der Waals surface area contributed by atoms with Crippen molar-refractivity contribution in [2.75, 3.05) is 5.73 Å². The van der Waals surface area contributed by atoms with E-state index in [4.69, 9.17) is 5.73 Å². The molecule has 0 aliphatic rings. The Morgan fingerprint density at radius 1 is 1.11 bits per heavy atom. The van der Waals surface area contributed by atoms with Crippen LogP contribution in [-0.2, 0) is 0 Å². The minimum Gasteiger partial charge on any atom is -0.384 e. The summed E-state index contributed by atoms with van der Waals surface area (Å²) >= 11 is 0. The summed E-state index contributed by atoms with van der Waals surface area (Å²) in [6.45, 7) is 0. The van der Waals surface area contributed by atoms with Crippen molar-refractivity contribution in [1.82, 2.24) is 24.7 Å². The highest BCUT2D eigenvalue weighted by Crippen LogP contribution is 2.18. The van der Waals surface area contributed by atoms with Crippen molar-refractivity contribution in [3.05, 3.63) is 49.1 Å². The first kappa shape index (κ1) is 10.4. The first-order valence-corrected chi connectivity index (χ1v) is 5.38. The molecule has 0 saturated heterocycles. The lowest BCUT2D eigenvalue weighted by Crippen LogP contribution is -2.05. The Hall–Kier alpha value is -2.76. The van der Waals surface area contributed by atoms with Gasteiger partial charge in [-0.05, 0) is 18.2 Å². The number of nitrogens with two attached hydrogens (primary N) is 1. The van der Waals surface area contributed by atoms with Gasteiger partial charge < -0.3 is 5.73 Å². The van der Waals surface area contributed by atoms with E-state index in [-0.39, 0.29) is 0 Å². The second-order valence-electron chi connectivity index (χ2n) is 3.67. The van der Waals surface area contributed by atoms with Crippen LogP contribution in [0.2, 0.25) is 0 Å². The van der Waals surface area contributed by atoms with Crippen molar-refractivity contribution in [2.24, 2.45) is 0 Å². The molecule has 0 aliphatic heterocycles. The number of hydrogen-bond donors (Lipinski definition) is 1. The van der Waals surface area contributed by atoms with Gasteiger partial charge in [0.15, 0.2) is 0 Å². The van der Waals surface area contributed by atoms with Crippen LogP contribution in [0, 0.1) is 0 Å². The quantitative estimate of drug-likeness (QED) is 0.727. The summed E-state index contributed by atoms with van der Waals surface area (Å²) in [5, 5.41) is 4.08. The van der Waals surface area contributed by atoms with Crippen LogP contribution in [-0.4, -0.2) is 24.7 Å². The van der Waals surface area contributed by atoms with Crippen LogP contribution in [0.5, 0.6) is 0 Å². The Morgan fingerprint density at radius 3 is 2.78 bits per heavy atom. The van der Waals surface area contributed by atoms with E-state index in [2.05, 4.69) is 20.1 Å². The van der Waals surface area contributed by atoms with Crippen molar-refractivity contribution in [2.45, 2.75) is 0 Å². The number of hydrogen-bond acceptors (Lipinski definition) is 5. The second kappa shape index (κ2) is 4.25. The van der Waals surface area contributed by atoms with E-state index in [9.17, 15) is 0 Å². The zero-order chi connectivity index (χ0) is 12.4. The third-order valence-corrected chi connectivity index (χ3v) is 2.40. The highest BCUT2D eigenvalue weighted by atomic mass is 15.3. The van der Waals surface area contributed by atoms with Gasteiger partial charge in [0.25, 0.3) is 5.95 Å². The fourth-order valence-electron chi connectivity index (χ4n) is 1.60. The lowest BCUT2D eigenvalue weighted by molar-refractivity contribution is 0.812. The maximum absolute atomic E-state index is 5.79. The third-order valence-electron chi connectivity index (χ3n) is 2.40. The van der Waals surface area contributed by atoms with Crippen LogP contribution in [0.4, 0.5) is 5.82 Å². The van der Waals surface area contributed by atoms with E-state index < -0.39 is 0 Å². The van der Waals surface area contributed by atoms with Crippen LogP contribution in [0.1, 0.15) is 0 Å². The Balaban J connectivity index is 2.12. The maximum Gasteiger partial charge on any atom is 0.253 e. The van der Waals surface area contributed by atoms with Gasteiger partial charge in [-0.25, -0.2) is 9.67 Å². The normalized spacial score (nSPS) is 10.4. The Bertz CT molecular complexity index is 648. The number of nitrogen functional groups attached to an aromatic ring is 1. The maximum atomic E-state index is 5.79. The molecule has 0 unspecified atom stereocenters. The molecule has 88 valence electrons. The van der Waals surface area contributed by atoms with Gasteiger partial charge in [0.1, 0.15) is 5.82 Å². The Kier molecular flexibility index (Phi) is 2.45. The van der Waals surface area contributed by atoms with Crippen molar-refractivity contribution >= 4 is 5.82 Å². The summed E-state index contributed by atoms with van der Waals surface area (Å²) < 4.78 is 1.57. The zero-order valence-corrected chi connectivity index (χ0v) is 9.43. The predicted molar refractivity (Wildman–Crippen MR) is 66.8 cm³/mol. The van der Waals surface area contributed by atoms with Gasteiger partial charge in [-0.3, -0.25) is 4.98 Å². The molecule has 3 rings (SSSR count). The molecule has 18 heavy (non-hydrogen) atoms. The summed E-state index contributed by atoms with van der Waals surface area (Å²) in [5.41, 5.74) is 7.40. The fraction of sp³-hybridized carbons (Fsp3) is 0. The lowest BCUT2D eigenvalue weighted by Gasteiger charge is -2.05. The summed E-state index contributed by atoms with van der Waals surface area (Å²) in [6.07, 6.45) is 6.87. The SMILES string of the molecule is Nc1cc(-c2cccnc2)nc(-n2cccn2)n1. The first-order valence-electron chi connectivity index (χ1n) is 5.38. The van der Waals surface area contributed by atoms with Crippen molar-refractivity contribution in [3.63, 3.8) is 0 Å². The second-order valence-corrected chi connectivity index (χ2v) is 3.67. The van der Waals surface area contributed by atoms with Gasteiger partial charge in [-0.15, -0.1) is 0 Å². The number of aromatic nitrogens is 5. The topological polar surface area (TPSA) is 82.5 Å². The average molecular weight is 238 g/mol. The minimum absolute atomic E-state index is 0.398. The molecule has 0 amide bonds. The zero-order valence-electron chi connectivity index (χ0n) is 9.43. The number of nitrogens with zero attached hydrogens (tertiary/aromatic N) is 5. The molecule has 3 aromatic heterocycles. The highest BCUT2D eigenvalue weighted by molar-refractivity contribution is 5.61. The molecule has 0 bridgehead atoms. The Labute approximate surface area is 103 Å². The van der Waals surface area contributed by atoms with E-state index in [1.54, 1.807) is 41.6 Å². The summed E-state index contributed by atoms with van der Waals surface area (Å²) in [5.74, 6) is 0.841. The van der Waals surface area contributed by atoms with Crippen LogP contribution >= 0.6 is 0 Å². The van der Waals surface area contributed by atoms with E-state index in [1.165, 1.54) is 0 Å². The first-order chi connectivity index (χ1) is 8.83. The van der Waals surface area contributed by atoms with Crippen molar-refractivity contribution in [3.8, 4) is 17.2 Å². The molecular formula is C12H10N6. The van der Waals surface area contributed by atoms with E-state index >= 15 is 0 Å².